The van der Waals surface area contributed by atoms with Gasteiger partial charge >= 0.3 is 0 Å². The second-order valence-electron chi connectivity index (χ2n) is 5.64. The molecule has 2 N–H and O–H groups in total. The number of hydrogen-bond acceptors (Lipinski definition) is 2. The molecule has 1 fully saturated rings. The van der Waals surface area contributed by atoms with Crippen molar-refractivity contribution < 1.29 is 9.90 Å². The Morgan fingerprint density at radius 1 is 1.32 bits per heavy atom. The highest BCUT2D eigenvalue weighted by Crippen LogP contribution is 2.32. The molecule has 0 atom stereocenters. The van der Waals surface area contributed by atoms with Gasteiger partial charge in [-0.05, 0) is 56.2 Å². The molecule has 0 spiro atoms. The zero-order chi connectivity index (χ0) is 13.8. The molecule has 19 heavy (non-hydrogen) atoms. The number of carbonyl (C=O) groups excluding carboxylic acids is 1. The van der Waals surface area contributed by atoms with Gasteiger partial charge in [0.15, 0.2) is 0 Å². The summed E-state index contributed by atoms with van der Waals surface area (Å²) in [6, 6.07) is 5.33. The summed E-state index contributed by atoms with van der Waals surface area (Å²) in [5.41, 5.74) is 1.51. The van der Waals surface area contributed by atoms with Gasteiger partial charge in [-0.2, -0.15) is 0 Å². The first-order valence-electron chi connectivity index (χ1n) is 7.20. The average molecular weight is 261 g/mol. The van der Waals surface area contributed by atoms with E-state index in [0.29, 0.717) is 5.69 Å². The van der Waals surface area contributed by atoms with E-state index in [4.69, 9.17) is 0 Å². The van der Waals surface area contributed by atoms with Gasteiger partial charge in [-0.25, -0.2) is 0 Å². The van der Waals surface area contributed by atoms with Crippen molar-refractivity contribution >= 4 is 11.6 Å². The lowest BCUT2D eigenvalue weighted by Crippen LogP contribution is -2.27. The number of nitrogens with one attached hydrogen (secondary N) is 1. The molecule has 0 saturated heterocycles. The minimum atomic E-state index is 0.0497. The molecule has 1 aliphatic carbocycles. The number of amides is 1. The number of aromatic hydroxyl groups is 1. The smallest absolute Gasteiger partial charge is 0.227 e. The number of phenols is 1. The van der Waals surface area contributed by atoms with Gasteiger partial charge < -0.3 is 10.4 Å². The highest BCUT2D eigenvalue weighted by atomic mass is 16.3. The molecule has 1 amide bonds. The van der Waals surface area contributed by atoms with Gasteiger partial charge in [0.2, 0.25) is 5.91 Å². The van der Waals surface area contributed by atoms with Crippen LogP contribution >= 0.6 is 0 Å². The lowest BCUT2D eigenvalue weighted by atomic mass is 9.80. The SMILES string of the molecule is CCC1CCC(C(=O)Nc2ccc(C)cc2O)CC1. The minimum absolute atomic E-state index is 0.0497. The molecule has 1 saturated carbocycles. The second-order valence-corrected chi connectivity index (χ2v) is 5.64. The summed E-state index contributed by atoms with van der Waals surface area (Å²) in [5, 5.41) is 12.7. The van der Waals surface area contributed by atoms with Crippen molar-refractivity contribution in [1.29, 1.82) is 0 Å². The van der Waals surface area contributed by atoms with Gasteiger partial charge in [0.25, 0.3) is 0 Å². The van der Waals surface area contributed by atoms with Crippen molar-refractivity contribution in [2.45, 2.75) is 46.0 Å². The van der Waals surface area contributed by atoms with Crippen molar-refractivity contribution in [3.8, 4) is 5.75 Å². The molecule has 0 radical (unpaired) electrons. The lowest BCUT2D eigenvalue weighted by molar-refractivity contribution is -0.121. The van der Waals surface area contributed by atoms with Gasteiger partial charge in [0, 0.05) is 5.92 Å². The molecular weight excluding hydrogens is 238 g/mol. The Balaban J connectivity index is 1.94. The molecule has 0 heterocycles. The molecule has 3 nitrogen and oxygen atoms in total. The topological polar surface area (TPSA) is 49.3 Å². The number of rotatable bonds is 3. The number of phenolic OH excluding ortho intramolecular Hbond substituents is 1. The van der Waals surface area contributed by atoms with E-state index < -0.39 is 0 Å². The highest BCUT2D eigenvalue weighted by Gasteiger charge is 2.25. The summed E-state index contributed by atoms with van der Waals surface area (Å²) in [6.45, 7) is 4.13. The fourth-order valence-corrected chi connectivity index (χ4v) is 2.82. The fraction of sp³-hybridized carbons (Fsp3) is 0.562. The maximum absolute atomic E-state index is 12.2. The first-order chi connectivity index (χ1) is 9.10. The summed E-state index contributed by atoms with van der Waals surface area (Å²) >= 11 is 0. The number of hydrogen-bond donors (Lipinski definition) is 2. The molecule has 2 rings (SSSR count). The molecule has 0 unspecified atom stereocenters. The molecular formula is C16H23NO2. The Bertz CT molecular complexity index is 448. The Kier molecular flexibility index (Phi) is 4.46. The summed E-state index contributed by atoms with van der Waals surface area (Å²) < 4.78 is 0. The van der Waals surface area contributed by atoms with E-state index in [2.05, 4.69) is 12.2 Å². The van der Waals surface area contributed by atoms with Gasteiger partial charge in [0.05, 0.1) is 5.69 Å². The molecule has 3 heteroatoms. The van der Waals surface area contributed by atoms with E-state index in [-0.39, 0.29) is 17.6 Å². The second kappa shape index (κ2) is 6.09. The number of carbonyl (C=O) groups is 1. The monoisotopic (exact) mass is 261 g/mol. The molecule has 1 aliphatic rings. The van der Waals surface area contributed by atoms with Crippen LogP contribution in [-0.4, -0.2) is 11.0 Å². The summed E-state index contributed by atoms with van der Waals surface area (Å²) in [7, 11) is 0. The van der Waals surface area contributed by atoms with Crippen LogP contribution in [0.15, 0.2) is 18.2 Å². The van der Waals surface area contributed by atoms with E-state index in [0.717, 1.165) is 37.2 Å². The molecule has 0 aromatic heterocycles. The standard InChI is InChI=1S/C16H23NO2/c1-3-12-5-7-13(8-6-12)16(19)17-14-9-4-11(2)10-15(14)18/h4,9-10,12-13,18H,3,5-8H2,1-2H3,(H,17,19). The van der Waals surface area contributed by atoms with Crippen LogP contribution in [0.2, 0.25) is 0 Å². The van der Waals surface area contributed by atoms with E-state index in [1.807, 2.05) is 13.0 Å². The third-order valence-electron chi connectivity index (χ3n) is 4.21. The van der Waals surface area contributed by atoms with Crippen molar-refractivity contribution in [3.05, 3.63) is 23.8 Å². The lowest BCUT2D eigenvalue weighted by Gasteiger charge is -2.27. The normalized spacial score (nSPS) is 23.1. The van der Waals surface area contributed by atoms with Gasteiger partial charge in [-0.1, -0.05) is 19.4 Å². The minimum Gasteiger partial charge on any atom is -0.506 e. The molecule has 1 aromatic rings. The quantitative estimate of drug-likeness (QED) is 0.812. The zero-order valence-corrected chi connectivity index (χ0v) is 11.8. The number of anilines is 1. The van der Waals surface area contributed by atoms with E-state index in [9.17, 15) is 9.90 Å². The van der Waals surface area contributed by atoms with Crippen molar-refractivity contribution in [1.82, 2.24) is 0 Å². The van der Waals surface area contributed by atoms with E-state index in [1.54, 1.807) is 12.1 Å². The maximum atomic E-state index is 12.2. The van der Waals surface area contributed by atoms with Crippen LogP contribution in [-0.2, 0) is 4.79 Å². The van der Waals surface area contributed by atoms with Crippen LogP contribution in [0.25, 0.3) is 0 Å². The Morgan fingerprint density at radius 3 is 2.58 bits per heavy atom. The fourth-order valence-electron chi connectivity index (χ4n) is 2.82. The number of aryl methyl sites for hydroxylation is 1. The molecule has 1 aromatic carbocycles. The van der Waals surface area contributed by atoms with Crippen LogP contribution in [0, 0.1) is 18.8 Å². The molecule has 0 bridgehead atoms. The van der Waals surface area contributed by atoms with Crippen LogP contribution in [0.3, 0.4) is 0 Å². The summed E-state index contributed by atoms with van der Waals surface area (Å²) in [5.74, 6) is 1.09. The van der Waals surface area contributed by atoms with Crippen molar-refractivity contribution in [2.75, 3.05) is 5.32 Å². The van der Waals surface area contributed by atoms with Crippen LogP contribution in [0.4, 0.5) is 5.69 Å². The first-order valence-corrected chi connectivity index (χ1v) is 7.20. The third-order valence-corrected chi connectivity index (χ3v) is 4.21. The van der Waals surface area contributed by atoms with Crippen LogP contribution < -0.4 is 5.32 Å². The summed E-state index contributed by atoms with van der Waals surface area (Å²) in [6.07, 6.45) is 5.45. The Hall–Kier alpha value is -1.51. The highest BCUT2D eigenvalue weighted by molar-refractivity contribution is 5.93. The van der Waals surface area contributed by atoms with Gasteiger partial charge in [-0.15, -0.1) is 0 Å². The molecule has 104 valence electrons. The Morgan fingerprint density at radius 2 is 2.00 bits per heavy atom. The van der Waals surface area contributed by atoms with E-state index in [1.165, 1.54) is 6.42 Å². The van der Waals surface area contributed by atoms with Gasteiger partial charge in [-0.3, -0.25) is 4.79 Å². The predicted molar refractivity (Wildman–Crippen MR) is 77.2 cm³/mol. The van der Waals surface area contributed by atoms with Crippen molar-refractivity contribution in [3.63, 3.8) is 0 Å². The van der Waals surface area contributed by atoms with Crippen LogP contribution in [0.1, 0.15) is 44.6 Å². The maximum Gasteiger partial charge on any atom is 0.227 e. The Labute approximate surface area is 115 Å². The van der Waals surface area contributed by atoms with E-state index >= 15 is 0 Å². The number of benzene rings is 1. The predicted octanol–water partition coefficient (Wildman–Crippen LogP) is 3.86. The van der Waals surface area contributed by atoms with Crippen LogP contribution in [0.5, 0.6) is 5.75 Å². The first kappa shape index (κ1) is 13.9. The van der Waals surface area contributed by atoms with Gasteiger partial charge in [0.1, 0.15) is 5.75 Å². The largest absolute Gasteiger partial charge is 0.506 e. The van der Waals surface area contributed by atoms with Crippen molar-refractivity contribution in [2.24, 2.45) is 11.8 Å². The average Bonchev–Trinajstić information content (AvgIpc) is 2.42. The molecule has 0 aliphatic heterocycles. The third kappa shape index (κ3) is 3.49. The summed E-state index contributed by atoms with van der Waals surface area (Å²) in [4.78, 5) is 12.2. The zero-order valence-electron chi connectivity index (χ0n) is 11.8.